The molecule has 1 aliphatic heterocycles. The molecule has 0 radical (unpaired) electrons. The fraction of sp³-hybridized carbons (Fsp3) is 0.591. The number of aromatic nitrogens is 3. The number of guanidine groups is 1. The lowest BCUT2D eigenvalue weighted by atomic mass is 9.96. The van der Waals surface area contributed by atoms with Crippen LogP contribution in [0.15, 0.2) is 29.3 Å². The van der Waals surface area contributed by atoms with E-state index in [2.05, 4.69) is 31.8 Å². The van der Waals surface area contributed by atoms with Gasteiger partial charge in [-0.1, -0.05) is 36.9 Å². The highest BCUT2D eigenvalue weighted by Crippen LogP contribution is 2.23. The second-order valence-corrected chi connectivity index (χ2v) is 8.86. The molecule has 8 heteroatoms. The summed E-state index contributed by atoms with van der Waals surface area (Å²) in [5.74, 6) is 2.67. The molecule has 2 N–H and O–H groups in total. The van der Waals surface area contributed by atoms with Crippen molar-refractivity contribution >= 4 is 23.2 Å². The van der Waals surface area contributed by atoms with Crippen molar-refractivity contribution < 1.29 is 0 Å². The summed E-state index contributed by atoms with van der Waals surface area (Å²) in [4.78, 5) is 7.25. The standard InChI is InChI=1S/C22H32ClN7/c1-16-27-28-21(29(16)2)14-24-22(25-18-8-4-3-5-9-18)26-19-11-12-30(15-19)20-10-6-7-17(23)13-20/h6-7,10,13,18-19H,3-5,8-9,11-12,14-15H2,1-2H3,(H2,24,25,26). The van der Waals surface area contributed by atoms with Crippen LogP contribution in [0.5, 0.6) is 0 Å². The summed E-state index contributed by atoms with van der Waals surface area (Å²) in [5.41, 5.74) is 1.18. The number of aryl methyl sites for hydroxylation is 1. The van der Waals surface area contributed by atoms with Crippen molar-refractivity contribution in [3.63, 3.8) is 0 Å². The first-order chi connectivity index (χ1) is 14.6. The predicted molar refractivity (Wildman–Crippen MR) is 122 cm³/mol. The van der Waals surface area contributed by atoms with E-state index < -0.39 is 0 Å². The monoisotopic (exact) mass is 429 g/mol. The van der Waals surface area contributed by atoms with E-state index in [0.717, 1.165) is 42.1 Å². The van der Waals surface area contributed by atoms with Gasteiger partial charge in [0.05, 0.1) is 0 Å². The van der Waals surface area contributed by atoms with E-state index in [1.54, 1.807) is 0 Å². The SMILES string of the molecule is Cc1nnc(CN=C(NC2CCCCC2)NC2CCN(c3cccc(Cl)c3)C2)n1C. The number of benzene rings is 1. The molecule has 162 valence electrons. The Kier molecular flexibility index (Phi) is 6.77. The Bertz CT molecular complexity index is 872. The molecule has 0 bridgehead atoms. The van der Waals surface area contributed by atoms with E-state index >= 15 is 0 Å². The molecule has 1 saturated carbocycles. The molecule has 30 heavy (non-hydrogen) atoms. The van der Waals surface area contributed by atoms with Crippen LogP contribution >= 0.6 is 11.6 Å². The number of rotatable bonds is 5. The van der Waals surface area contributed by atoms with Crippen molar-refractivity contribution in [3.8, 4) is 0 Å². The minimum Gasteiger partial charge on any atom is -0.369 e. The first-order valence-corrected chi connectivity index (χ1v) is 11.4. The number of hydrogen-bond donors (Lipinski definition) is 2. The second kappa shape index (κ2) is 9.69. The maximum atomic E-state index is 6.18. The van der Waals surface area contributed by atoms with Crippen LogP contribution in [-0.4, -0.2) is 45.9 Å². The van der Waals surface area contributed by atoms with Gasteiger partial charge in [0.15, 0.2) is 11.8 Å². The zero-order valence-corrected chi connectivity index (χ0v) is 18.7. The molecule has 1 aromatic carbocycles. The van der Waals surface area contributed by atoms with E-state index in [1.807, 2.05) is 36.7 Å². The fourth-order valence-electron chi connectivity index (χ4n) is 4.29. The molecule has 2 aromatic rings. The van der Waals surface area contributed by atoms with Gasteiger partial charge in [-0.05, 0) is 44.4 Å². The number of anilines is 1. The number of halogens is 1. The fourth-order valence-corrected chi connectivity index (χ4v) is 4.47. The minimum absolute atomic E-state index is 0.347. The largest absolute Gasteiger partial charge is 0.369 e. The number of nitrogens with one attached hydrogen (secondary N) is 2. The Morgan fingerprint density at radius 1 is 1.13 bits per heavy atom. The highest BCUT2D eigenvalue weighted by Gasteiger charge is 2.25. The summed E-state index contributed by atoms with van der Waals surface area (Å²) in [7, 11) is 1.99. The highest BCUT2D eigenvalue weighted by molar-refractivity contribution is 6.30. The number of hydrogen-bond acceptors (Lipinski definition) is 4. The van der Waals surface area contributed by atoms with Crippen LogP contribution in [-0.2, 0) is 13.6 Å². The van der Waals surface area contributed by atoms with Crippen molar-refractivity contribution in [3.05, 3.63) is 40.9 Å². The topological polar surface area (TPSA) is 70.4 Å². The van der Waals surface area contributed by atoms with Crippen molar-refractivity contribution in [1.29, 1.82) is 0 Å². The van der Waals surface area contributed by atoms with Crippen LogP contribution < -0.4 is 15.5 Å². The summed E-state index contributed by atoms with van der Waals surface area (Å²) >= 11 is 6.18. The molecule has 7 nitrogen and oxygen atoms in total. The average Bonchev–Trinajstić information content (AvgIpc) is 3.34. The lowest BCUT2D eigenvalue weighted by Crippen LogP contribution is -2.48. The van der Waals surface area contributed by atoms with Gasteiger partial charge < -0.3 is 20.1 Å². The summed E-state index contributed by atoms with van der Waals surface area (Å²) in [6.07, 6.45) is 7.42. The Labute approximate surface area is 183 Å². The first kappa shape index (κ1) is 21.0. The molecule has 1 unspecified atom stereocenters. The maximum absolute atomic E-state index is 6.18. The third-order valence-corrected chi connectivity index (χ3v) is 6.44. The first-order valence-electron chi connectivity index (χ1n) is 11.0. The van der Waals surface area contributed by atoms with Gasteiger partial charge in [-0.2, -0.15) is 0 Å². The summed E-state index contributed by atoms with van der Waals surface area (Å²) < 4.78 is 2.00. The minimum atomic E-state index is 0.347. The molecule has 2 fully saturated rings. The molecule has 4 rings (SSSR count). The van der Waals surface area contributed by atoms with Crippen LogP contribution in [0.1, 0.15) is 50.2 Å². The summed E-state index contributed by atoms with van der Waals surface area (Å²) in [6, 6.07) is 8.94. The van der Waals surface area contributed by atoms with Crippen molar-refractivity contribution in [2.75, 3.05) is 18.0 Å². The zero-order valence-electron chi connectivity index (χ0n) is 17.9. The van der Waals surface area contributed by atoms with E-state index in [9.17, 15) is 0 Å². The van der Waals surface area contributed by atoms with Crippen LogP contribution in [0.25, 0.3) is 0 Å². The quantitative estimate of drug-likeness (QED) is 0.563. The number of nitrogens with zero attached hydrogens (tertiary/aromatic N) is 5. The van der Waals surface area contributed by atoms with Gasteiger partial charge in [0.1, 0.15) is 12.4 Å². The van der Waals surface area contributed by atoms with Gasteiger partial charge in [0, 0.05) is 42.9 Å². The van der Waals surface area contributed by atoms with E-state index in [4.69, 9.17) is 16.6 Å². The van der Waals surface area contributed by atoms with Crippen molar-refractivity contribution in [1.82, 2.24) is 25.4 Å². The predicted octanol–water partition coefficient (Wildman–Crippen LogP) is 3.42. The van der Waals surface area contributed by atoms with Crippen LogP contribution in [0.2, 0.25) is 5.02 Å². The van der Waals surface area contributed by atoms with Crippen LogP contribution in [0.4, 0.5) is 5.69 Å². The Morgan fingerprint density at radius 2 is 1.93 bits per heavy atom. The Balaban J connectivity index is 1.42. The molecule has 0 amide bonds. The highest BCUT2D eigenvalue weighted by atomic mass is 35.5. The van der Waals surface area contributed by atoms with Gasteiger partial charge in [-0.25, -0.2) is 4.99 Å². The van der Waals surface area contributed by atoms with E-state index in [1.165, 1.54) is 37.8 Å². The van der Waals surface area contributed by atoms with Gasteiger partial charge in [0.25, 0.3) is 0 Å². The zero-order chi connectivity index (χ0) is 20.9. The molecular formula is C22H32ClN7. The van der Waals surface area contributed by atoms with E-state index in [-0.39, 0.29) is 0 Å². The molecule has 1 aliphatic carbocycles. The molecular weight excluding hydrogens is 398 g/mol. The third kappa shape index (κ3) is 5.25. The summed E-state index contributed by atoms with van der Waals surface area (Å²) in [5, 5.41) is 16.6. The van der Waals surface area contributed by atoms with Gasteiger partial charge in [0.2, 0.25) is 0 Å². The van der Waals surface area contributed by atoms with Crippen LogP contribution in [0, 0.1) is 6.92 Å². The molecule has 2 heterocycles. The van der Waals surface area contributed by atoms with Gasteiger partial charge in [-0.15, -0.1) is 10.2 Å². The lowest BCUT2D eigenvalue weighted by molar-refractivity contribution is 0.408. The lowest BCUT2D eigenvalue weighted by Gasteiger charge is -2.27. The molecule has 1 atom stereocenters. The average molecular weight is 430 g/mol. The van der Waals surface area contributed by atoms with Gasteiger partial charge in [-0.3, -0.25) is 0 Å². The molecule has 0 spiro atoms. The van der Waals surface area contributed by atoms with Crippen molar-refractivity contribution in [2.45, 2.75) is 64.1 Å². The Morgan fingerprint density at radius 3 is 2.67 bits per heavy atom. The van der Waals surface area contributed by atoms with Crippen LogP contribution in [0.3, 0.4) is 0 Å². The van der Waals surface area contributed by atoms with Gasteiger partial charge >= 0.3 is 0 Å². The molecule has 1 saturated heterocycles. The second-order valence-electron chi connectivity index (χ2n) is 8.42. The molecule has 2 aliphatic rings. The number of aliphatic imine (C=N–C) groups is 1. The normalized spacial score (nSPS) is 20.6. The Hall–Kier alpha value is -2.28. The maximum Gasteiger partial charge on any atom is 0.192 e. The molecule has 1 aromatic heterocycles. The third-order valence-electron chi connectivity index (χ3n) is 6.21. The van der Waals surface area contributed by atoms with E-state index in [0.29, 0.717) is 18.6 Å². The van der Waals surface area contributed by atoms with Crippen molar-refractivity contribution in [2.24, 2.45) is 12.0 Å². The summed E-state index contributed by atoms with van der Waals surface area (Å²) in [6.45, 7) is 4.43. The smallest absolute Gasteiger partial charge is 0.192 e.